The van der Waals surface area contributed by atoms with Crippen LogP contribution in [0, 0.1) is 0 Å². The van der Waals surface area contributed by atoms with E-state index >= 15 is 0 Å². The lowest BCUT2D eigenvalue weighted by Gasteiger charge is -2.27. The predicted molar refractivity (Wildman–Crippen MR) is 133 cm³/mol. The van der Waals surface area contributed by atoms with Gasteiger partial charge in [-0.05, 0) is 12.8 Å². The van der Waals surface area contributed by atoms with Crippen molar-refractivity contribution in [3.8, 4) is 0 Å². The molecule has 20 heteroatoms. The number of hydrogen-bond acceptors (Lipinski definition) is 6. The highest BCUT2D eigenvalue weighted by atomic mass is 31.2. The second-order valence-corrected chi connectivity index (χ2v) is 16.7. The van der Waals surface area contributed by atoms with E-state index in [-0.39, 0.29) is 13.1 Å². The van der Waals surface area contributed by atoms with E-state index in [1.807, 2.05) is 0 Å². The van der Waals surface area contributed by atoms with E-state index in [0.717, 1.165) is 30.1 Å². The maximum Gasteiger partial charge on any atom is 0.342 e. The highest BCUT2D eigenvalue weighted by Gasteiger charge is 2.45. The molecular weight excluding hydrogens is 580 g/mol. The van der Waals surface area contributed by atoms with E-state index < -0.39 is 66.1 Å². The van der Waals surface area contributed by atoms with Crippen molar-refractivity contribution in [3.05, 3.63) is 0 Å². The van der Waals surface area contributed by atoms with Crippen molar-refractivity contribution < 1.29 is 67.0 Å². The zero-order chi connectivity index (χ0) is 29.2. The van der Waals surface area contributed by atoms with Crippen LogP contribution in [0.3, 0.4) is 0 Å². The molecular formula is C17H38N2O14P4. The molecule has 0 rings (SSSR count). The summed E-state index contributed by atoms with van der Waals surface area (Å²) in [6, 6.07) is 0. The van der Waals surface area contributed by atoms with Gasteiger partial charge < -0.3 is 48.9 Å². The van der Waals surface area contributed by atoms with Crippen LogP contribution in [0.2, 0.25) is 0 Å². The number of nitrogens with zero attached hydrogens (tertiary/aromatic N) is 2. The molecule has 0 aliphatic rings. The van der Waals surface area contributed by atoms with Crippen LogP contribution in [0.4, 0.5) is 0 Å². The molecule has 0 bridgehead atoms. The van der Waals surface area contributed by atoms with Crippen LogP contribution in [0.25, 0.3) is 0 Å². The Kier molecular flexibility index (Phi) is 15.2. The van der Waals surface area contributed by atoms with E-state index in [1.54, 1.807) is 0 Å². The standard InChI is InChI=1S/C17H38N2O14P4/c1-14(20)18(12-16(34(22,23)24)35(25,26)27)10-8-6-4-3-5-7-9-11-19(15(2)21)13-17(36(28,29)30)37(31,32)33/h16-17H,3-13H2,1-2H3,(H2,22,23,24)(H2,25,26,27)(H2,28,29,30)(H2,31,32,33). The minimum absolute atomic E-state index is 0.0553. The summed E-state index contributed by atoms with van der Waals surface area (Å²) in [6.45, 7) is 0.813. The fourth-order valence-corrected chi connectivity index (χ4v) is 8.23. The van der Waals surface area contributed by atoms with Crippen molar-refractivity contribution in [2.75, 3.05) is 26.2 Å². The van der Waals surface area contributed by atoms with Gasteiger partial charge in [-0.15, -0.1) is 0 Å². The third-order valence-corrected chi connectivity index (χ3v) is 12.9. The molecule has 220 valence electrons. The smallest absolute Gasteiger partial charge is 0.341 e. The summed E-state index contributed by atoms with van der Waals surface area (Å²) < 4.78 is 45.7. The minimum Gasteiger partial charge on any atom is -0.341 e. The van der Waals surface area contributed by atoms with Crippen LogP contribution in [0.5, 0.6) is 0 Å². The number of carbonyl (C=O) groups excluding carboxylic acids is 2. The zero-order valence-corrected chi connectivity index (χ0v) is 24.2. The van der Waals surface area contributed by atoms with Gasteiger partial charge in [-0.3, -0.25) is 27.8 Å². The molecule has 0 saturated heterocycles. The molecule has 8 N–H and O–H groups in total. The predicted octanol–water partition coefficient (Wildman–Crippen LogP) is 0.777. The molecule has 0 radical (unpaired) electrons. The molecule has 0 aliphatic carbocycles. The number of carbonyl (C=O) groups is 2. The van der Waals surface area contributed by atoms with Gasteiger partial charge in [0.2, 0.25) is 11.8 Å². The van der Waals surface area contributed by atoms with Gasteiger partial charge in [0, 0.05) is 40.0 Å². The molecule has 0 spiro atoms. The third-order valence-electron chi connectivity index (χ3n) is 5.57. The quantitative estimate of drug-likeness (QED) is 0.0779. The molecule has 0 fully saturated rings. The summed E-state index contributed by atoms with van der Waals surface area (Å²) in [5.41, 5.74) is 0. The minimum atomic E-state index is -5.15. The summed E-state index contributed by atoms with van der Waals surface area (Å²) in [6.07, 6.45) is 4.25. The van der Waals surface area contributed by atoms with Crippen LogP contribution in [0.1, 0.15) is 58.8 Å². The molecule has 0 saturated carbocycles. The van der Waals surface area contributed by atoms with Gasteiger partial charge in [-0.1, -0.05) is 32.1 Å². The van der Waals surface area contributed by atoms with Crippen molar-refractivity contribution >= 4 is 42.2 Å². The first kappa shape index (κ1) is 36.5. The molecule has 37 heavy (non-hydrogen) atoms. The number of amides is 2. The van der Waals surface area contributed by atoms with Crippen molar-refractivity contribution in [1.29, 1.82) is 0 Å². The first-order valence-corrected chi connectivity index (χ1v) is 18.0. The van der Waals surface area contributed by atoms with E-state index in [2.05, 4.69) is 0 Å². The number of hydrogen-bond donors (Lipinski definition) is 8. The van der Waals surface area contributed by atoms with E-state index in [9.17, 15) is 67.0 Å². The monoisotopic (exact) mass is 618 g/mol. The van der Waals surface area contributed by atoms with Gasteiger partial charge >= 0.3 is 30.4 Å². The Morgan fingerprint density at radius 2 is 0.730 bits per heavy atom. The number of rotatable bonds is 18. The highest BCUT2D eigenvalue weighted by Crippen LogP contribution is 2.60. The molecule has 0 atom stereocenters. The zero-order valence-electron chi connectivity index (χ0n) is 20.6. The van der Waals surface area contributed by atoms with Gasteiger partial charge in [-0.2, -0.15) is 0 Å². The summed E-state index contributed by atoms with van der Waals surface area (Å²) in [5, 5.41) is -4.59. The Hall–Kier alpha value is -0.460. The Morgan fingerprint density at radius 3 is 0.919 bits per heavy atom. The first-order chi connectivity index (χ1) is 16.6. The topological polar surface area (TPSA) is 271 Å². The largest absolute Gasteiger partial charge is 0.342 e. The van der Waals surface area contributed by atoms with Gasteiger partial charge in [-0.25, -0.2) is 0 Å². The second-order valence-electron chi connectivity index (χ2n) is 8.72. The fraction of sp³-hybridized carbons (Fsp3) is 0.882. The molecule has 16 nitrogen and oxygen atoms in total. The van der Waals surface area contributed by atoms with Crippen molar-refractivity contribution in [2.24, 2.45) is 0 Å². The lowest BCUT2D eigenvalue weighted by atomic mass is 10.1. The SMILES string of the molecule is CC(=O)N(CCCCCCCCCN(CC(P(=O)(O)O)P(=O)(O)O)C(C)=O)CC(P(=O)(O)O)P(=O)(O)O. The molecule has 0 aromatic rings. The molecule has 0 aliphatic heterocycles. The van der Waals surface area contributed by atoms with Crippen LogP contribution in [-0.2, 0) is 27.8 Å². The summed E-state index contributed by atoms with van der Waals surface area (Å²) in [7, 11) is -20.6. The van der Waals surface area contributed by atoms with E-state index in [1.165, 1.54) is 0 Å². The maximum atomic E-state index is 11.8. The maximum absolute atomic E-state index is 11.8. The van der Waals surface area contributed by atoms with Gasteiger partial charge in [0.15, 0.2) is 10.8 Å². The van der Waals surface area contributed by atoms with Crippen molar-refractivity contribution in [2.45, 2.75) is 69.6 Å². The van der Waals surface area contributed by atoms with Crippen LogP contribution >= 0.6 is 30.4 Å². The Balaban J connectivity index is 4.50. The summed E-state index contributed by atoms with van der Waals surface area (Å²) >= 11 is 0. The summed E-state index contributed by atoms with van der Waals surface area (Å²) in [4.78, 5) is 99.3. The lowest BCUT2D eigenvalue weighted by Crippen LogP contribution is -2.36. The molecule has 0 heterocycles. The Bertz CT molecular complexity index is 820. The van der Waals surface area contributed by atoms with Gasteiger partial charge in [0.25, 0.3) is 0 Å². The average molecular weight is 618 g/mol. The molecule has 2 amide bonds. The third kappa shape index (κ3) is 15.1. The van der Waals surface area contributed by atoms with Gasteiger partial charge in [0.1, 0.15) is 0 Å². The Labute approximate surface area is 215 Å². The normalized spacial score (nSPS) is 13.3. The van der Waals surface area contributed by atoms with E-state index in [4.69, 9.17) is 0 Å². The van der Waals surface area contributed by atoms with Crippen molar-refractivity contribution in [3.63, 3.8) is 0 Å². The van der Waals surface area contributed by atoms with Crippen molar-refractivity contribution in [1.82, 2.24) is 9.80 Å². The molecule has 0 aromatic heterocycles. The molecule has 0 aromatic carbocycles. The van der Waals surface area contributed by atoms with Gasteiger partial charge in [0.05, 0.1) is 0 Å². The fourth-order valence-electron chi connectivity index (χ4n) is 3.46. The van der Waals surface area contributed by atoms with E-state index in [0.29, 0.717) is 38.5 Å². The highest BCUT2D eigenvalue weighted by molar-refractivity contribution is 7.71. The first-order valence-electron chi connectivity index (χ1n) is 11.3. The Morgan fingerprint density at radius 1 is 0.514 bits per heavy atom. The molecule has 0 unspecified atom stereocenters. The average Bonchev–Trinajstić information content (AvgIpc) is 2.66. The lowest BCUT2D eigenvalue weighted by molar-refractivity contribution is -0.129. The second kappa shape index (κ2) is 15.4. The van der Waals surface area contributed by atoms with Crippen LogP contribution in [0.15, 0.2) is 0 Å². The van der Waals surface area contributed by atoms with Crippen LogP contribution in [-0.4, -0.2) is 97.7 Å². The number of unbranched alkanes of at least 4 members (excludes halogenated alkanes) is 6. The van der Waals surface area contributed by atoms with Crippen LogP contribution < -0.4 is 0 Å². The summed E-state index contributed by atoms with van der Waals surface area (Å²) in [5.74, 6) is -1.16.